The van der Waals surface area contributed by atoms with E-state index in [-0.39, 0.29) is 37.7 Å². The second-order valence-corrected chi connectivity index (χ2v) is 7.04. The number of rotatable bonds is 12. The lowest BCUT2D eigenvalue weighted by Crippen LogP contribution is -2.40. The summed E-state index contributed by atoms with van der Waals surface area (Å²) in [6, 6.07) is 0. The Labute approximate surface area is 188 Å². The Morgan fingerprint density at radius 2 is 1.22 bits per heavy atom. The van der Waals surface area contributed by atoms with Gasteiger partial charge in [0.1, 0.15) is 0 Å². The van der Waals surface area contributed by atoms with Gasteiger partial charge in [-0.3, -0.25) is 5.32 Å². The summed E-state index contributed by atoms with van der Waals surface area (Å²) in [5.74, 6) is -0.421. The molecular formula is C20H34N6O6. The summed E-state index contributed by atoms with van der Waals surface area (Å²) >= 11 is 0. The molecule has 0 bridgehead atoms. The van der Waals surface area contributed by atoms with E-state index in [0.29, 0.717) is 24.2 Å². The van der Waals surface area contributed by atoms with Gasteiger partial charge in [0.15, 0.2) is 0 Å². The van der Waals surface area contributed by atoms with Crippen molar-refractivity contribution in [2.75, 3.05) is 49.0 Å². The Morgan fingerprint density at radius 1 is 0.750 bits per heavy atom. The monoisotopic (exact) mass is 454 g/mol. The molecule has 0 aliphatic carbocycles. The number of ether oxygens (including phenoxy) is 3. The normalized spacial score (nSPS) is 10.3. The SMILES string of the molecule is CCCCOC(=O)Nc1nc(N(C)C)nc(N(C(=O)OCCCC)C(=O)OCCCC)n1. The van der Waals surface area contributed by atoms with E-state index in [1.807, 2.05) is 20.8 Å². The molecule has 0 atom stereocenters. The van der Waals surface area contributed by atoms with Crippen LogP contribution in [0.4, 0.5) is 32.2 Å². The third-order valence-corrected chi connectivity index (χ3v) is 3.97. The van der Waals surface area contributed by atoms with Gasteiger partial charge in [-0.1, -0.05) is 40.0 Å². The van der Waals surface area contributed by atoms with Crippen LogP contribution in [0.15, 0.2) is 0 Å². The zero-order chi connectivity index (χ0) is 23.9. The molecule has 12 heteroatoms. The van der Waals surface area contributed by atoms with Gasteiger partial charge in [-0.15, -0.1) is 4.90 Å². The van der Waals surface area contributed by atoms with E-state index in [0.717, 1.165) is 19.3 Å². The number of unbranched alkanes of at least 4 members (excludes halogenated alkanes) is 3. The Bertz CT molecular complexity index is 723. The molecule has 0 spiro atoms. The molecule has 12 nitrogen and oxygen atoms in total. The summed E-state index contributed by atoms with van der Waals surface area (Å²) in [6.45, 7) is 6.33. The van der Waals surface area contributed by atoms with Gasteiger partial charge < -0.3 is 19.1 Å². The third kappa shape index (κ3) is 9.31. The maximum Gasteiger partial charge on any atom is 0.426 e. The lowest BCUT2D eigenvalue weighted by atomic mass is 10.4. The van der Waals surface area contributed by atoms with Gasteiger partial charge in [-0.2, -0.15) is 15.0 Å². The summed E-state index contributed by atoms with van der Waals surface area (Å²) in [4.78, 5) is 51.8. The molecular weight excluding hydrogens is 420 g/mol. The first-order valence-electron chi connectivity index (χ1n) is 10.8. The number of hydrogen-bond acceptors (Lipinski definition) is 10. The second kappa shape index (κ2) is 14.8. The van der Waals surface area contributed by atoms with Crippen molar-refractivity contribution in [2.45, 2.75) is 59.3 Å². The lowest BCUT2D eigenvalue weighted by Gasteiger charge is -2.20. The predicted molar refractivity (Wildman–Crippen MR) is 119 cm³/mol. The smallest absolute Gasteiger partial charge is 0.426 e. The molecule has 0 unspecified atom stereocenters. The number of anilines is 3. The van der Waals surface area contributed by atoms with Gasteiger partial charge in [0.2, 0.25) is 11.9 Å². The molecule has 180 valence electrons. The Morgan fingerprint density at radius 3 is 1.69 bits per heavy atom. The number of nitrogens with one attached hydrogen (secondary N) is 1. The van der Waals surface area contributed by atoms with Crippen molar-refractivity contribution in [3.05, 3.63) is 0 Å². The fourth-order valence-corrected chi connectivity index (χ4v) is 2.12. The molecule has 1 rings (SSSR count). The summed E-state index contributed by atoms with van der Waals surface area (Å²) in [5.41, 5.74) is 0. The molecule has 0 saturated heterocycles. The van der Waals surface area contributed by atoms with Gasteiger partial charge in [0.05, 0.1) is 19.8 Å². The van der Waals surface area contributed by atoms with Crippen LogP contribution in [-0.2, 0) is 14.2 Å². The molecule has 1 heterocycles. The first kappa shape index (κ1) is 26.9. The fourth-order valence-electron chi connectivity index (χ4n) is 2.12. The average Bonchev–Trinajstić information content (AvgIpc) is 2.74. The molecule has 0 aliphatic rings. The third-order valence-electron chi connectivity index (χ3n) is 3.97. The van der Waals surface area contributed by atoms with Gasteiger partial charge >= 0.3 is 18.3 Å². The van der Waals surface area contributed by atoms with Crippen LogP contribution in [0.5, 0.6) is 0 Å². The second-order valence-electron chi connectivity index (χ2n) is 7.04. The minimum Gasteiger partial charge on any atom is -0.449 e. The van der Waals surface area contributed by atoms with E-state index in [1.54, 1.807) is 14.1 Å². The molecule has 0 radical (unpaired) electrons. The van der Waals surface area contributed by atoms with Crippen LogP contribution in [0.1, 0.15) is 59.3 Å². The van der Waals surface area contributed by atoms with Crippen molar-refractivity contribution in [1.82, 2.24) is 15.0 Å². The number of aromatic nitrogens is 3. The topological polar surface area (TPSA) is 136 Å². The average molecular weight is 455 g/mol. The number of carbonyl (C=O) groups excluding carboxylic acids is 3. The van der Waals surface area contributed by atoms with E-state index in [2.05, 4.69) is 20.3 Å². The first-order chi connectivity index (χ1) is 15.3. The lowest BCUT2D eigenvalue weighted by molar-refractivity contribution is 0.132. The molecule has 0 fully saturated rings. The Hall–Kier alpha value is -3.18. The fraction of sp³-hybridized carbons (Fsp3) is 0.700. The number of imide groups is 1. The minimum absolute atomic E-state index is 0.103. The molecule has 0 aliphatic heterocycles. The summed E-state index contributed by atoms with van der Waals surface area (Å²) in [7, 11) is 3.32. The number of amides is 3. The van der Waals surface area contributed by atoms with Crippen LogP contribution in [0.25, 0.3) is 0 Å². The van der Waals surface area contributed by atoms with E-state index >= 15 is 0 Å². The molecule has 1 aromatic rings. The van der Waals surface area contributed by atoms with E-state index < -0.39 is 18.3 Å². The number of hydrogen-bond donors (Lipinski definition) is 1. The largest absolute Gasteiger partial charge is 0.449 e. The summed E-state index contributed by atoms with van der Waals surface area (Å²) < 4.78 is 15.4. The minimum atomic E-state index is -0.979. The van der Waals surface area contributed by atoms with Crippen LogP contribution in [0.2, 0.25) is 0 Å². The van der Waals surface area contributed by atoms with Crippen molar-refractivity contribution in [2.24, 2.45) is 0 Å². The summed E-state index contributed by atoms with van der Waals surface area (Å²) in [6.07, 6.45) is 1.71. The zero-order valence-corrected chi connectivity index (χ0v) is 19.5. The first-order valence-corrected chi connectivity index (χ1v) is 10.8. The summed E-state index contributed by atoms with van der Waals surface area (Å²) in [5, 5.41) is 2.39. The van der Waals surface area contributed by atoms with Crippen molar-refractivity contribution < 1.29 is 28.6 Å². The zero-order valence-electron chi connectivity index (χ0n) is 19.5. The highest BCUT2D eigenvalue weighted by Crippen LogP contribution is 2.18. The van der Waals surface area contributed by atoms with Gasteiger partial charge in [0, 0.05) is 14.1 Å². The van der Waals surface area contributed by atoms with Crippen molar-refractivity contribution in [3.8, 4) is 0 Å². The molecule has 32 heavy (non-hydrogen) atoms. The Balaban J connectivity index is 3.20. The predicted octanol–water partition coefficient (Wildman–Crippen LogP) is 3.97. The van der Waals surface area contributed by atoms with Gasteiger partial charge in [-0.05, 0) is 19.3 Å². The highest BCUT2D eigenvalue weighted by molar-refractivity contribution is 6.08. The van der Waals surface area contributed by atoms with Crippen LogP contribution < -0.4 is 15.1 Å². The van der Waals surface area contributed by atoms with Crippen LogP contribution in [0, 0.1) is 0 Å². The maximum atomic E-state index is 12.7. The van der Waals surface area contributed by atoms with Crippen LogP contribution >= 0.6 is 0 Å². The molecule has 0 aromatic carbocycles. The van der Waals surface area contributed by atoms with Crippen LogP contribution in [0.3, 0.4) is 0 Å². The molecule has 3 amide bonds. The van der Waals surface area contributed by atoms with E-state index in [1.165, 1.54) is 4.90 Å². The molecule has 1 aromatic heterocycles. The highest BCUT2D eigenvalue weighted by atomic mass is 16.6. The molecule has 1 N–H and O–H groups in total. The number of carbonyl (C=O) groups is 3. The Kier molecular flexibility index (Phi) is 12.4. The van der Waals surface area contributed by atoms with Crippen molar-refractivity contribution in [3.63, 3.8) is 0 Å². The van der Waals surface area contributed by atoms with Crippen LogP contribution in [-0.4, -0.2) is 67.1 Å². The standard InChI is InChI=1S/C20H34N6O6/c1-6-9-12-30-18(27)23-15-21-16(25(4)5)24-17(22-15)26(19(28)31-13-10-7-2)20(29)32-14-11-8-3/h6-14H2,1-5H3,(H,21,22,23,24,27). The van der Waals surface area contributed by atoms with Crippen molar-refractivity contribution >= 4 is 36.1 Å². The van der Waals surface area contributed by atoms with E-state index in [9.17, 15) is 14.4 Å². The van der Waals surface area contributed by atoms with E-state index in [4.69, 9.17) is 14.2 Å². The maximum absolute atomic E-state index is 12.7. The highest BCUT2D eigenvalue weighted by Gasteiger charge is 2.31. The van der Waals surface area contributed by atoms with Gasteiger partial charge in [-0.25, -0.2) is 14.4 Å². The molecule has 0 saturated carbocycles. The van der Waals surface area contributed by atoms with Gasteiger partial charge in [0.25, 0.3) is 5.95 Å². The number of nitrogens with zero attached hydrogens (tertiary/aromatic N) is 5. The van der Waals surface area contributed by atoms with Crippen molar-refractivity contribution in [1.29, 1.82) is 0 Å². The quantitative estimate of drug-likeness (QED) is 0.365.